The van der Waals surface area contributed by atoms with Crippen LogP contribution in [0.5, 0.6) is 0 Å². The van der Waals surface area contributed by atoms with Crippen molar-refractivity contribution < 1.29 is 4.79 Å². The molecule has 0 aromatic rings. The Morgan fingerprint density at radius 3 is 2.44 bits per heavy atom. The van der Waals surface area contributed by atoms with Gasteiger partial charge in [-0.2, -0.15) is 5.26 Å². The Kier molecular flexibility index (Phi) is 4.60. The van der Waals surface area contributed by atoms with Gasteiger partial charge in [0.15, 0.2) is 0 Å². The summed E-state index contributed by atoms with van der Waals surface area (Å²) >= 11 is 0. The Hall–Kier alpha value is -1.08. The second-order valence-corrected chi connectivity index (χ2v) is 5.42. The molecule has 1 unspecified atom stereocenters. The summed E-state index contributed by atoms with van der Waals surface area (Å²) in [4.78, 5) is 16.3. The summed E-state index contributed by atoms with van der Waals surface area (Å²) in [5.74, 6) is 0.656. The van der Waals surface area contributed by atoms with Gasteiger partial charge in [-0.1, -0.05) is 19.8 Å². The fraction of sp³-hybridized carbons (Fsp3) is 0.857. The lowest BCUT2D eigenvalue weighted by atomic mass is 9.84. The molecule has 1 aliphatic heterocycles. The monoisotopic (exact) mass is 249 g/mol. The lowest BCUT2D eigenvalue weighted by Crippen LogP contribution is -2.53. The summed E-state index contributed by atoms with van der Waals surface area (Å²) in [6.45, 7) is 5.43. The molecule has 0 spiro atoms. The summed E-state index contributed by atoms with van der Waals surface area (Å²) < 4.78 is 0. The number of amides is 1. The van der Waals surface area contributed by atoms with E-state index in [9.17, 15) is 4.79 Å². The van der Waals surface area contributed by atoms with Gasteiger partial charge in [0.1, 0.15) is 0 Å². The summed E-state index contributed by atoms with van der Waals surface area (Å²) in [5.41, 5.74) is 0. The molecule has 1 atom stereocenters. The van der Waals surface area contributed by atoms with Crippen molar-refractivity contribution in [3.05, 3.63) is 0 Å². The number of carbonyl (C=O) groups excluding carboxylic acids is 1. The van der Waals surface area contributed by atoms with Crippen LogP contribution in [0, 0.1) is 17.2 Å². The van der Waals surface area contributed by atoms with Crippen LogP contribution < -0.4 is 0 Å². The van der Waals surface area contributed by atoms with E-state index in [1.54, 1.807) is 0 Å². The Bertz CT molecular complexity index is 324. The highest BCUT2D eigenvalue weighted by Crippen LogP contribution is 2.28. The van der Waals surface area contributed by atoms with Gasteiger partial charge in [-0.25, -0.2) is 0 Å². The zero-order valence-corrected chi connectivity index (χ0v) is 11.3. The predicted octanol–water partition coefficient (Wildman–Crippen LogP) is 1.62. The van der Waals surface area contributed by atoms with Crippen LogP contribution in [0.25, 0.3) is 0 Å². The van der Waals surface area contributed by atoms with Gasteiger partial charge in [-0.15, -0.1) is 0 Å². The minimum atomic E-state index is 0.0379. The smallest absolute Gasteiger partial charge is 0.225 e. The third kappa shape index (κ3) is 2.84. The maximum Gasteiger partial charge on any atom is 0.225 e. The van der Waals surface area contributed by atoms with Crippen molar-refractivity contribution in [3.8, 4) is 6.07 Å². The van der Waals surface area contributed by atoms with Crippen LogP contribution in [-0.2, 0) is 4.79 Å². The van der Waals surface area contributed by atoms with E-state index < -0.39 is 0 Å². The van der Waals surface area contributed by atoms with Crippen LogP contribution in [-0.4, -0.2) is 47.9 Å². The SMILES string of the molecule is CCCC(C#N)N1CCN(C(=O)C2CCC2)CC1. The molecular weight excluding hydrogens is 226 g/mol. The van der Waals surface area contributed by atoms with Gasteiger partial charge < -0.3 is 4.90 Å². The van der Waals surface area contributed by atoms with Crippen molar-refractivity contribution in [2.75, 3.05) is 26.2 Å². The van der Waals surface area contributed by atoms with E-state index in [0.717, 1.165) is 51.9 Å². The first kappa shape index (κ1) is 13.4. The molecule has 0 aromatic heterocycles. The molecule has 0 bridgehead atoms. The van der Waals surface area contributed by atoms with Crippen molar-refractivity contribution in [2.45, 2.75) is 45.1 Å². The average Bonchev–Trinajstić information content (AvgIpc) is 2.34. The van der Waals surface area contributed by atoms with Crippen LogP contribution in [0.3, 0.4) is 0 Å². The molecule has 4 heteroatoms. The Balaban J connectivity index is 1.80. The summed E-state index contributed by atoms with van der Waals surface area (Å²) in [6.07, 6.45) is 5.35. The van der Waals surface area contributed by atoms with Crippen LogP contribution in [0.2, 0.25) is 0 Å². The van der Waals surface area contributed by atoms with Crippen molar-refractivity contribution in [2.24, 2.45) is 5.92 Å². The topological polar surface area (TPSA) is 47.3 Å². The van der Waals surface area contributed by atoms with Gasteiger partial charge in [-0.3, -0.25) is 9.69 Å². The molecule has 0 N–H and O–H groups in total. The molecule has 2 fully saturated rings. The molecule has 2 rings (SSSR count). The highest BCUT2D eigenvalue weighted by atomic mass is 16.2. The Morgan fingerprint density at radius 2 is 2.00 bits per heavy atom. The number of nitrogens with zero attached hydrogens (tertiary/aromatic N) is 3. The number of carbonyl (C=O) groups is 1. The van der Waals surface area contributed by atoms with E-state index in [1.807, 2.05) is 4.90 Å². The van der Waals surface area contributed by atoms with Gasteiger partial charge in [-0.05, 0) is 19.3 Å². The molecule has 18 heavy (non-hydrogen) atoms. The van der Waals surface area contributed by atoms with Crippen LogP contribution in [0.4, 0.5) is 0 Å². The lowest BCUT2D eigenvalue weighted by Gasteiger charge is -2.39. The number of hydrogen-bond donors (Lipinski definition) is 0. The zero-order chi connectivity index (χ0) is 13.0. The standard InChI is InChI=1S/C14H23N3O/c1-2-4-13(11-15)16-7-9-17(10-8-16)14(18)12-5-3-6-12/h12-13H,2-10H2,1H3. The van der Waals surface area contributed by atoms with Gasteiger partial charge in [0.05, 0.1) is 12.1 Å². The molecular formula is C14H23N3O. The minimum Gasteiger partial charge on any atom is -0.340 e. The maximum atomic E-state index is 12.1. The molecule has 0 radical (unpaired) electrons. The predicted molar refractivity (Wildman–Crippen MR) is 69.8 cm³/mol. The molecule has 1 saturated heterocycles. The third-order valence-electron chi connectivity index (χ3n) is 4.23. The van der Waals surface area contributed by atoms with Crippen LogP contribution >= 0.6 is 0 Å². The van der Waals surface area contributed by atoms with Gasteiger partial charge in [0.25, 0.3) is 0 Å². The number of piperazine rings is 1. The Labute approximate surface area is 110 Å². The van der Waals surface area contributed by atoms with E-state index >= 15 is 0 Å². The normalized spacial score (nSPS) is 23.2. The third-order valence-corrected chi connectivity index (χ3v) is 4.23. The number of rotatable bonds is 4. The zero-order valence-electron chi connectivity index (χ0n) is 11.3. The number of nitriles is 1. The summed E-state index contributed by atoms with van der Waals surface area (Å²) in [7, 11) is 0. The second-order valence-electron chi connectivity index (χ2n) is 5.42. The summed E-state index contributed by atoms with van der Waals surface area (Å²) in [5, 5.41) is 9.15. The molecule has 0 aromatic carbocycles. The molecule has 2 aliphatic rings. The van der Waals surface area contributed by atoms with Crippen molar-refractivity contribution in [1.29, 1.82) is 5.26 Å². The average molecular weight is 249 g/mol. The maximum absolute atomic E-state index is 12.1. The lowest BCUT2D eigenvalue weighted by molar-refractivity contribution is -0.140. The molecule has 1 amide bonds. The van der Waals surface area contributed by atoms with Crippen molar-refractivity contribution in [3.63, 3.8) is 0 Å². The van der Waals surface area contributed by atoms with E-state index in [4.69, 9.17) is 5.26 Å². The highest BCUT2D eigenvalue weighted by molar-refractivity contribution is 5.79. The van der Waals surface area contributed by atoms with E-state index in [0.29, 0.717) is 11.8 Å². The first-order valence-electron chi connectivity index (χ1n) is 7.18. The molecule has 4 nitrogen and oxygen atoms in total. The van der Waals surface area contributed by atoms with E-state index in [2.05, 4.69) is 17.9 Å². The quantitative estimate of drug-likeness (QED) is 0.760. The first-order valence-corrected chi connectivity index (χ1v) is 7.18. The van der Waals surface area contributed by atoms with Gasteiger partial charge in [0, 0.05) is 32.1 Å². The fourth-order valence-electron chi connectivity index (χ4n) is 2.77. The first-order chi connectivity index (χ1) is 8.76. The summed E-state index contributed by atoms with van der Waals surface area (Å²) in [6, 6.07) is 2.42. The van der Waals surface area contributed by atoms with E-state index in [-0.39, 0.29) is 6.04 Å². The molecule has 1 aliphatic carbocycles. The number of hydrogen-bond acceptors (Lipinski definition) is 3. The largest absolute Gasteiger partial charge is 0.340 e. The molecule has 1 heterocycles. The Morgan fingerprint density at radius 1 is 1.33 bits per heavy atom. The van der Waals surface area contributed by atoms with Gasteiger partial charge >= 0.3 is 0 Å². The van der Waals surface area contributed by atoms with Gasteiger partial charge in [0.2, 0.25) is 5.91 Å². The fourth-order valence-corrected chi connectivity index (χ4v) is 2.77. The second kappa shape index (κ2) is 6.19. The van der Waals surface area contributed by atoms with Crippen LogP contribution in [0.15, 0.2) is 0 Å². The highest BCUT2D eigenvalue weighted by Gasteiger charge is 2.32. The molecule has 100 valence electrons. The van der Waals surface area contributed by atoms with Crippen molar-refractivity contribution >= 4 is 5.91 Å². The van der Waals surface area contributed by atoms with Crippen molar-refractivity contribution in [1.82, 2.24) is 9.80 Å². The van der Waals surface area contributed by atoms with E-state index in [1.165, 1.54) is 6.42 Å². The minimum absolute atomic E-state index is 0.0379. The molecule has 1 saturated carbocycles. The van der Waals surface area contributed by atoms with Crippen LogP contribution in [0.1, 0.15) is 39.0 Å².